The van der Waals surface area contributed by atoms with Gasteiger partial charge in [-0.25, -0.2) is 4.39 Å². The highest BCUT2D eigenvalue weighted by Crippen LogP contribution is 2.54. The van der Waals surface area contributed by atoms with E-state index in [0.717, 1.165) is 11.1 Å². The summed E-state index contributed by atoms with van der Waals surface area (Å²) in [5.41, 5.74) is 2.51. The molecule has 2 aromatic rings. The summed E-state index contributed by atoms with van der Waals surface area (Å²) in [6, 6.07) is 12.7. The van der Waals surface area contributed by atoms with Gasteiger partial charge in [0.05, 0.1) is 30.7 Å². The number of nitrogens with zero attached hydrogens (tertiary/aromatic N) is 1. The normalized spacial score (nSPS) is 34.0. The molecule has 2 aromatic carbocycles. The summed E-state index contributed by atoms with van der Waals surface area (Å²) in [7, 11) is 0. The van der Waals surface area contributed by atoms with Crippen LogP contribution in [0.15, 0.2) is 54.7 Å². The molecule has 0 aromatic heterocycles. The van der Waals surface area contributed by atoms with Crippen LogP contribution in [-0.2, 0) is 14.3 Å². The Morgan fingerprint density at radius 2 is 1.90 bits per heavy atom. The van der Waals surface area contributed by atoms with E-state index in [1.165, 1.54) is 24.3 Å². The van der Waals surface area contributed by atoms with Crippen LogP contribution in [0.5, 0.6) is 0 Å². The van der Waals surface area contributed by atoms with Gasteiger partial charge >= 0.3 is 0 Å². The lowest BCUT2D eigenvalue weighted by Gasteiger charge is -2.34. The fourth-order valence-electron chi connectivity index (χ4n) is 5.40. The Morgan fingerprint density at radius 3 is 2.72 bits per heavy atom. The average Bonchev–Trinajstić information content (AvgIpc) is 3.33. The summed E-state index contributed by atoms with van der Waals surface area (Å²) in [6.45, 7) is 0.302. The largest absolute Gasteiger partial charge is 0.359 e. The van der Waals surface area contributed by atoms with Crippen molar-refractivity contribution in [1.29, 1.82) is 0 Å². The van der Waals surface area contributed by atoms with Crippen molar-refractivity contribution in [3.05, 3.63) is 77.2 Å². The first-order valence-electron chi connectivity index (χ1n) is 9.78. The molecule has 4 aliphatic heterocycles. The SMILES string of the molecule is O=C1[C@H]2OC[C@@H](O2)[C@H]2[C@H]1[C@@H]1c3ccccc3C=CN1[C@H]2C(=O)c1ccc(F)cc1. The molecule has 0 spiro atoms. The van der Waals surface area contributed by atoms with Crippen molar-refractivity contribution in [3.8, 4) is 0 Å². The van der Waals surface area contributed by atoms with Crippen molar-refractivity contribution < 1.29 is 23.5 Å². The lowest BCUT2D eigenvalue weighted by atomic mass is 9.75. The fraction of sp³-hybridized carbons (Fsp3) is 0.304. The van der Waals surface area contributed by atoms with Crippen molar-refractivity contribution in [2.24, 2.45) is 11.8 Å². The molecular weight excluding hydrogens is 373 g/mol. The van der Waals surface area contributed by atoms with E-state index in [9.17, 15) is 14.0 Å². The number of benzene rings is 2. The third kappa shape index (κ3) is 2.33. The monoisotopic (exact) mass is 391 g/mol. The highest BCUT2D eigenvalue weighted by Gasteiger charge is 2.63. The van der Waals surface area contributed by atoms with Gasteiger partial charge in [-0.15, -0.1) is 0 Å². The van der Waals surface area contributed by atoms with E-state index in [0.29, 0.717) is 12.2 Å². The molecule has 29 heavy (non-hydrogen) atoms. The van der Waals surface area contributed by atoms with Gasteiger partial charge in [-0.3, -0.25) is 9.59 Å². The summed E-state index contributed by atoms with van der Waals surface area (Å²) >= 11 is 0. The van der Waals surface area contributed by atoms with E-state index in [4.69, 9.17) is 9.47 Å². The number of carbonyl (C=O) groups excluding carboxylic acids is 2. The predicted octanol–water partition coefficient (Wildman–Crippen LogP) is 2.97. The lowest BCUT2D eigenvalue weighted by Crippen LogP contribution is -2.48. The molecule has 0 N–H and O–H groups in total. The van der Waals surface area contributed by atoms with Crippen molar-refractivity contribution in [2.45, 2.75) is 24.5 Å². The van der Waals surface area contributed by atoms with Crippen LogP contribution < -0.4 is 0 Å². The number of carbonyl (C=O) groups is 2. The van der Waals surface area contributed by atoms with Crippen LogP contribution in [0.25, 0.3) is 6.08 Å². The van der Waals surface area contributed by atoms with Crippen molar-refractivity contribution in [1.82, 2.24) is 4.90 Å². The molecule has 0 radical (unpaired) electrons. The maximum atomic E-state index is 13.6. The topological polar surface area (TPSA) is 55.8 Å². The number of hydrogen-bond acceptors (Lipinski definition) is 5. The van der Waals surface area contributed by atoms with Gasteiger partial charge in [0, 0.05) is 17.7 Å². The first-order valence-corrected chi connectivity index (χ1v) is 9.78. The number of hydrogen-bond donors (Lipinski definition) is 0. The van der Waals surface area contributed by atoms with Crippen LogP contribution in [0.2, 0.25) is 0 Å². The molecule has 5 nitrogen and oxygen atoms in total. The van der Waals surface area contributed by atoms with E-state index >= 15 is 0 Å². The van der Waals surface area contributed by atoms with Gasteiger partial charge < -0.3 is 14.4 Å². The predicted molar refractivity (Wildman–Crippen MR) is 101 cm³/mol. The lowest BCUT2D eigenvalue weighted by molar-refractivity contribution is -0.164. The summed E-state index contributed by atoms with van der Waals surface area (Å²) in [6.07, 6.45) is 2.73. The summed E-state index contributed by atoms with van der Waals surface area (Å²) < 4.78 is 24.8. The second-order valence-electron chi connectivity index (χ2n) is 8.00. The van der Waals surface area contributed by atoms with Gasteiger partial charge in [0.1, 0.15) is 5.82 Å². The fourth-order valence-corrected chi connectivity index (χ4v) is 5.40. The average molecular weight is 391 g/mol. The first kappa shape index (κ1) is 17.1. The Hall–Kier alpha value is -2.83. The van der Waals surface area contributed by atoms with Crippen LogP contribution in [-0.4, -0.2) is 41.5 Å². The molecule has 0 unspecified atom stereocenters. The van der Waals surface area contributed by atoms with Gasteiger partial charge in [-0.05, 0) is 41.5 Å². The van der Waals surface area contributed by atoms with E-state index in [1.807, 2.05) is 41.4 Å². The molecule has 4 aliphatic rings. The Balaban J connectivity index is 1.50. The number of halogens is 1. The van der Waals surface area contributed by atoms with E-state index < -0.39 is 18.1 Å². The zero-order chi connectivity index (χ0) is 19.7. The first-order chi connectivity index (χ1) is 14.1. The maximum absolute atomic E-state index is 13.6. The van der Waals surface area contributed by atoms with E-state index in [2.05, 4.69) is 0 Å². The van der Waals surface area contributed by atoms with Gasteiger partial charge in [-0.2, -0.15) is 0 Å². The smallest absolute Gasteiger partial charge is 0.218 e. The van der Waals surface area contributed by atoms with Crippen molar-refractivity contribution >= 4 is 17.6 Å². The van der Waals surface area contributed by atoms with Gasteiger partial charge in [0.2, 0.25) is 6.29 Å². The van der Waals surface area contributed by atoms with Crippen LogP contribution in [0.4, 0.5) is 4.39 Å². The molecule has 6 rings (SSSR count). The summed E-state index contributed by atoms with van der Waals surface area (Å²) in [5, 5.41) is 0. The Morgan fingerprint density at radius 1 is 1.10 bits per heavy atom. The summed E-state index contributed by atoms with van der Waals surface area (Å²) in [4.78, 5) is 28.8. The molecule has 3 fully saturated rings. The number of ether oxygens (including phenoxy) is 2. The minimum absolute atomic E-state index is 0.0988. The van der Waals surface area contributed by atoms with Crippen molar-refractivity contribution in [2.75, 3.05) is 6.61 Å². The molecule has 0 amide bonds. The Labute approximate surface area is 166 Å². The van der Waals surface area contributed by atoms with Gasteiger partial charge in [0.25, 0.3) is 0 Å². The minimum atomic E-state index is -0.846. The maximum Gasteiger partial charge on any atom is 0.218 e. The highest BCUT2D eigenvalue weighted by molar-refractivity contribution is 6.02. The molecule has 6 heteroatoms. The zero-order valence-corrected chi connectivity index (χ0v) is 15.4. The Kier molecular flexibility index (Phi) is 3.58. The second kappa shape index (κ2) is 6.08. The molecule has 146 valence electrons. The van der Waals surface area contributed by atoms with Crippen molar-refractivity contribution in [3.63, 3.8) is 0 Å². The minimum Gasteiger partial charge on any atom is -0.359 e. The zero-order valence-electron chi connectivity index (χ0n) is 15.4. The standard InChI is InChI=1S/C23H18FNO4/c24-14-7-5-13(6-8-14)21(26)20-17-16-11-28-23(29-16)22(27)18(17)19-15-4-2-1-3-12(15)9-10-25(19)20/h1-10,16-20,23H,11H2/t16-,17+,18+,19+,20-,23+/m1/s1. The van der Waals surface area contributed by atoms with E-state index in [-0.39, 0.29) is 35.5 Å². The summed E-state index contributed by atoms with van der Waals surface area (Å²) in [5.74, 6) is -1.33. The van der Waals surface area contributed by atoms with E-state index in [1.54, 1.807) is 0 Å². The molecule has 2 bridgehead atoms. The molecule has 0 saturated carbocycles. The number of Topliss-reactive ketones (excluding diaryl/α,β-unsaturated/α-hetero) is 2. The molecule has 4 heterocycles. The molecule has 6 atom stereocenters. The molecule has 0 aliphatic carbocycles. The van der Waals surface area contributed by atoms with Gasteiger partial charge in [-0.1, -0.05) is 24.3 Å². The van der Waals surface area contributed by atoms with Gasteiger partial charge in [0.15, 0.2) is 11.6 Å². The number of fused-ring (bicyclic) bond motifs is 8. The number of rotatable bonds is 2. The van der Waals surface area contributed by atoms with Crippen LogP contribution in [0, 0.1) is 17.7 Å². The number of ketones is 2. The molecular formula is C23H18FNO4. The van der Waals surface area contributed by atoms with Crippen LogP contribution >= 0.6 is 0 Å². The third-order valence-corrected chi connectivity index (χ3v) is 6.60. The van der Waals surface area contributed by atoms with Crippen LogP contribution in [0.1, 0.15) is 27.5 Å². The quantitative estimate of drug-likeness (QED) is 0.737. The Bertz CT molecular complexity index is 1050. The molecule has 3 saturated heterocycles. The third-order valence-electron chi connectivity index (χ3n) is 6.60. The highest BCUT2D eigenvalue weighted by atomic mass is 19.1. The van der Waals surface area contributed by atoms with Crippen LogP contribution in [0.3, 0.4) is 0 Å². The second-order valence-corrected chi connectivity index (χ2v) is 8.00.